The van der Waals surface area contributed by atoms with E-state index in [9.17, 15) is 4.79 Å². The minimum absolute atomic E-state index is 0.0353. The van der Waals surface area contributed by atoms with Gasteiger partial charge in [0.2, 0.25) is 5.82 Å². The Balaban J connectivity index is 1.78. The summed E-state index contributed by atoms with van der Waals surface area (Å²) in [5.41, 5.74) is 4.70. The second-order valence-corrected chi connectivity index (χ2v) is 6.89. The SMILES string of the molecule is COC[C@@H](C)n1c(C)cc(C(=O)Cn2nnc(-c3ccc(C)cc3)n2)c1C. The Morgan fingerprint density at radius 1 is 1.19 bits per heavy atom. The average Bonchev–Trinajstić information content (AvgIpc) is 3.20. The molecule has 0 aliphatic rings. The number of nitrogens with zero attached hydrogens (tertiary/aromatic N) is 5. The summed E-state index contributed by atoms with van der Waals surface area (Å²) in [5.74, 6) is 0.480. The van der Waals surface area contributed by atoms with Crippen molar-refractivity contribution in [3.8, 4) is 11.4 Å². The number of Topliss-reactive ketones (excluding diaryl/α,β-unsaturated/α-hetero) is 1. The van der Waals surface area contributed by atoms with Gasteiger partial charge < -0.3 is 9.30 Å². The van der Waals surface area contributed by atoms with E-state index in [1.807, 2.05) is 51.1 Å². The second-order valence-electron chi connectivity index (χ2n) is 6.89. The van der Waals surface area contributed by atoms with E-state index in [0.29, 0.717) is 18.0 Å². The van der Waals surface area contributed by atoms with Crippen molar-refractivity contribution in [2.45, 2.75) is 40.3 Å². The van der Waals surface area contributed by atoms with Gasteiger partial charge in [-0.1, -0.05) is 29.8 Å². The average molecular weight is 367 g/mol. The van der Waals surface area contributed by atoms with E-state index in [0.717, 1.165) is 17.0 Å². The van der Waals surface area contributed by atoms with E-state index in [-0.39, 0.29) is 18.4 Å². The van der Waals surface area contributed by atoms with Crippen LogP contribution in [0, 0.1) is 20.8 Å². The number of ether oxygens (including phenoxy) is 1. The highest BCUT2D eigenvalue weighted by Crippen LogP contribution is 2.21. The van der Waals surface area contributed by atoms with Crippen LogP contribution in [0.1, 0.15) is 40.3 Å². The number of carbonyl (C=O) groups excluding carboxylic acids is 1. The minimum atomic E-state index is -0.0353. The molecule has 0 fully saturated rings. The topological polar surface area (TPSA) is 74.8 Å². The molecular formula is C20H25N5O2. The molecule has 0 saturated carbocycles. The molecular weight excluding hydrogens is 342 g/mol. The molecule has 2 aromatic heterocycles. The number of hydrogen-bond donors (Lipinski definition) is 0. The number of hydrogen-bond acceptors (Lipinski definition) is 5. The smallest absolute Gasteiger partial charge is 0.204 e. The van der Waals surface area contributed by atoms with Gasteiger partial charge in [0.15, 0.2) is 5.78 Å². The number of methoxy groups -OCH3 is 1. The van der Waals surface area contributed by atoms with Crippen LogP contribution in [0.3, 0.4) is 0 Å². The highest BCUT2D eigenvalue weighted by molar-refractivity contribution is 5.97. The highest BCUT2D eigenvalue weighted by Gasteiger charge is 2.20. The van der Waals surface area contributed by atoms with E-state index >= 15 is 0 Å². The third kappa shape index (κ3) is 3.98. The molecule has 3 rings (SSSR count). The van der Waals surface area contributed by atoms with Crippen molar-refractivity contribution < 1.29 is 9.53 Å². The summed E-state index contributed by atoms with van der Waals surface area (Å²) in [7, 11) is 1.68. The predicted molar refractivity (Wildman–Crippen MR) is 103 cm³/mol. The lowest BCUT2D eigenvalue weighted by Gasteiger charge is -2.17. The van der Waals surface area contributed by atoms with Crippen molar-refractivity contribution >= 4 is 5.78 Å². The molecule has 7 heteroatoms. The van der Waals surface area contributed by atoms with Gasteiger partial charge in [0.1, 0.15) is 6.54 Å². The van der Waals surface area contributed by atoms with Crippen molar-refractivity contribution in [3.63, 3.8) is 0 Å². The van der Waals surface area contributed by atoms with E-state index in [4.69, 9.17) is 4.74 Å². The Hall–Kier alpha value is -2.80. The molecule has 0 amide bonds. The summed E-state index contributed by atoms with van der Waals surface area (Å²) in [4.78, 5) is 14.1. The standard InChI is InChI=1S/C20H25N5O2/c1-13-6-8-17(9-7-13)20-21-23-24(22-20)11-19(26)18-10-14(2)25(16(18)4)15(3)12-27-5/h6-10,15H,11-12H2,1-5H3/t15-/m1/s1. The summed E-state index contributed by atoms with van der Waals surface area (Å²) in [6, 6.07) is 9.97. The first kappa shape index (κ1) is 19.0. The highest BCUT2D eigenvalue weighted by atomic mass is 16.5. The van der Waals surface area contributed by atoms with Crippen LogP contribution >= 0.6 is 0 Å². The van der Waals surface area contributed by atoms with Crippen LogP contribution in [-0.2, 0) is 11.3 Å². The molecule has 27 heavy (non-hydrogen) atoms. The summed E-state index contributed by atoms with van der Waals surface area (Å²) < 4.78 is 7.38. The summed E-state index contributed by atoms with van der Waals surface area (Å²) in [5, 5.41) is 12.4. The van der Waals surface area contributed by atoms with Crippen molar-refractivity contribution in [2.24, 2.45) is 0 Å². The lowest BCUT2D eigenvalue weighted by molar-refractivity contribution is 0.0960. The Bertz CT molecular complexity index is 940. The first-order chi connectivity index (χ1) is 12.9. The Labute approximate surface area is 159 Å². The molecule has 0 bridgehead atoms. The molecule has 1 atom stereocenters. The largest absolute Gasteiger partial charge is 0.383 e. The molecule has 2 heterocycles. The summed E-state index contributed by atoms with van der Waals surface area (Å²) >= 11 is 0. The van der Waals surface area contributed by atoms with Gasteiger partial charge in [-0.2, -0.15) is 4.80 Å². The van der Waals surface area contributed by atoms with Crippen LogP contribution in [0.25, 0.3) is 11.4 Å². The van der Waals surface area contributed by atoms with E-state index in [1.165, 1.54) is 10.4 Å². The number of tetrazole rings is 1. The Morgan fingerprint density at radius 2 is 1.89 bits per heavy atom. The molecule has 0 radical (unpaired) electrons. The zero-order valence-electron chi connectivity index (χ0n) is 16.4. The molecule has 0 aliphatic carbocycles. The normalized spacial score (nSPS) is 12.3. The van der Waals surface area contributed by atoms with Gasteiger partial charge >= 0.3 is 0 Å². The molecule has 0 aliphatic heterocycles. The molecule has 0 N–H and O–H groups in total. The van der Waals surface area contributed by atoms with E-state index in [2.05, 4.69) is 26.9 Å². The fourth-order valence-corrected chi connectivity index (χ4v) is 3.40. The number of carbonyl (C=O) groups is 1. The fourth-order valence-electron chi connectivity index (χ4n) is 3.40. The lowest BCUT2D eigenvalue weighted by atomic mass is 10.1. The number of aryl methyl sites for hydroxylation is 2. The Kier molecular flexibility index (Phi) is 5.51. The number of ketones is 1. The van der Waals surface area contributed by atoms with E-state index in [1.54, 1.807) is 7.11 Å². The van der Waals surface area contributed by atoms with Crippen LogP contribution in [0.4, 0.5) is 0 Å². The Morgan fingerprint density at radius 3 is 2.56 bits per heavy atom. The van der Waals surface area contributed by atoms with Gasteiger partial charge in [-0.3, -0.25) is 4.79 Å². The van der Waals surface area contributed by atoms with Crippen molar-refractivity contribution in [1.29, 1.82) is 0 Å². The maximum Gasteiger partial charge on any atom is 0.204 e. The predicted octanol–water partition coefficient (Wildman–Crippen LogP) is 3.16. The van der Waals surface area contributed by atoms with Gasteiger partial charge in [0, 0.05) is 29.6 Å². The fraction of sp³-hybridized carbons (Fsp3) is 0.400. The molecule has 1 aromatic carbocycles. The van der Waals surface area contributed by atoms with Crippen LogP contribution < -0.4 is 0 Å². The first-order valence-electron chi connectivity index (χ1n) is 8.96. The van der Waals surface area contributed by atoms with Gasteiger partial charge in [-0.25, -0.2) is 0 Å². The quantitative estimate of drug-likeness (QED) is 0.600. The molecule has 142 valence electrons. The van der Waals surface area contributed by atoms with Gasteiger partial charge in [0.25, 0.3) is 0 Å². The van der Waals surface area contributed by atoms with Crippen molar-refractivity contribution in [1.82, 2.24) is 24.8 Å². The van der Waals surface area contributed by atoms with Crippen LogP contribution in [0.5, 0.6) is 0 Å². The van der Waals surface area contributed by atoms with Gasteiger partial charge in [0.05, 0.1) is 12.6 Å². The number of aromatic nitrogens is 5. The third-order valence-corrected chi connectivity index (χ3v) is 4.68. The van der Waals surface area contributed by atoms with Crippen LogP contribution in [-0.4, -0.2) is 44.3 Å². The second kappa shape index (κ2) is 7.84. The number of rotatable bonds is 7. The van der Waals surface area contributed by atoms with Crippen LogP contribution in [0.2, 0.25) is 0 Å². The summed E-state index contributed by atoms with van der Waals surface area (Å²) in [6.45, 7) is 8.70. The third-order valence-electron chi connectivity index (χ3n) is 4.68. The zero-order valence-corrected chi connectivity index (χ0v) is 16.4. The molecule has 7 nitrogen and oxygen atoms in total. The van der Waals surface area contributed by atoms with Crippen LogP contribution in [0.15, 0.2) is 30.3 Å². The van der Waals surface area contributed by atoms with Crippen molar-refractivity contribution in [3.05, 3.63) is 52.8 Å². The van der Waals surface area contributed by atoms with Crippen molar-refractivity contribution in [2.75, 3.05) is 13.7 Å². The van der Waals surface area contributed by atoms with Gasteiger partial charge in [-0.05, 0) is 39.0 Å². The van der Waals surface area contributed by atoms with Gasteiger partial charge in [-0.15, -0.1) is 10.2 Å². The summed E-state index contributed by atoms with van der Waals surface area (Å²) in [6.07, 6.45) is 0. The molecule has 3 aromatic rings. The molecule has 0 saturated heterocycles. The maximum absolute atomic E-state index is 12.8. The molecule has 0 spiro atoms. The lowest BCUT2D eigenvalue weighted by Crippen LogP contribution is -2.16. The molecule has 0 unspecified atom stereocenters. The first-order valence-corrected chi connectivity index (χ1v) is 8.96. The minimum Gasteiger partial charge on any atom is -0.383 e. The monoisotopic (exact) mass is 367 g/mol. The van der Waals surface area contributed by atoms with E-state index < -0.39 is 0 Å². The number of benzene rings is 1. The zero-order chi connectivity index (χ0) is 19.6. The maximum atomic E-state index is 12.8.